The lowest BCUT2D eigenvalue weighted by Gasteiger charge is -2.67. The smallest absolute Gasteiger partial charge is 0.286 e. The van der Waals surface area contributed by atoms with Crippen LogP contribution in [0.15, 0.2) is 0 Å². The lowest BCUT2D eigenvalue weighted by atomic mass is 9.43. The molecule has 0 aromatic carbocycles. The van der Waals surface area contributed by atoms with Gasteiger partial charge in [-0.15, -0.1) is 17.0 Å². The third-order valence-electron chi connectivity index (χ3n) is 21.6. The van der Waals surface area contributed by atoms with Gasteiger partial charge < -0.3 is 8.78 Å². The van der Waals surface area contributed by atoms with Crippen molar-refractivity contribution in [3.63, 3.8) is 0 Å². The standard InChI is InChI=1S/C46H88BClN2Si7/c1-53(2,3)45(54(4,5)6)19-21-49(43-29-35-23-36(30-43)25-37(24-35)31-43)51(45)52(47-41-15-13-16-42(47)18-14-17-41)57(48)46(55(7,8)9,56(10,11)12)20-22-50(57)44-32-38-26-39(33-44)28-40(27-38)34-44/h35-42H,13-34H2,1-12H3. The zero-order valence-corrected chi connectivity index (χ0v) is 47.3. The Morgan fingerprint density at radius 2 is 1.00 bits per heavy atom. The number of halogens is 1. The van der Waals surface area contributed by atoms with E-state index in [2.05, 4.69) is 87.3 Å². The Bertz CT molecular complexity index is 1610. The summed E-state index contributed by atoms with van der Waals surface area (Å²) in [5, 5.41) is 0. The third-order valence-corrected chi connectivity index (χ3v) is 86.4. The van der Waals surface area contributed by atoms with Crippen molar-refractivity contribution in [2.75, 3.05) is 13.1 Å². The molecule has 4 heterocycles. The number of hydrogen-bond donors (Lipinski definition) is 0. The predicted octanol–water partition coefficient (Wildman–Crippen LogP) is 13.3. The molecule has 1 unspecified atom stereocenters. The fourth-order valence-electron chi connectivity index (χ4n) is 21.3. The van der Waals surface area contributed by atoms with Crippen LogP contribution in [-0.2, 0) is 0 Å². The van der Waals surface area contributed by atoms with Crippen LogP contribution >= 0.6 is 11.1 Å². The molecule has 12 aliphatic rings. The van der Waals surface area contributed by atoms with Gasteiger partial charge in [-0.05, 0) is 111 Å². The van der Waals surface area contributed by atoms with E-state index in [4.69, 9.17) is 0 Å². The number of rotatable bonds is 8. The van der Waals surface area contributed by atoms with Gasteiger partial charge in [0.2, 0.25) is 0 Å². The lowest BCUT2D eigenvalue weighted by molar-refractivity contribution is -0.610. The molecule has 10 bridgehead atoms. The van der Waals surface area contributed by atoms with Gasteiger partial charge >= 0.3 is 0 Å². The van der Waals surface area contributed by atoms with Crippen LogP contribution in [0, 0.1) is 35.5 Å². The van der Waals surface area contributed by atoms with Crippen LogP contribution in [0.3, 0.4) is 0 Å². The summed E-state index contributed by atoms with van der Waals surface area (Å²) >= 11 is 10.3. The van der Waals surface area contributed by atoms with E-state index in [0.717, 1.165) is 53.1 Å². The van der Waals surface area contributed by atoms with E-state index in [-0.39, 0.29) is 0 Å². The molecule has 0 N–H and O–H groups in total. The van der Waals surface area contributed by atoms with Gasteiger partial charge in [0.05, 0.1) is 16.1 Å². The molecule has 1 atom stereocenters. The quantitative estimate of drug-likeness (QED) is 0.174. The number of hydrogen-bond acceptors (Lipinski definition) is 1. The van der Waals surface area contributed by atoms with Gasteiger partial charge in [0.1, 0.15) is 12.1 Å². The summed E-state index contributed by atoms with van der Waals surface area (Å²) < 4.78 is 8.55. The molecule has 57 heavy (non-hydrogen) atoms. The second-order valence-corrected chi connectivity index (χ2v) is 69.7. The highest BCUT2D eigenvalue weighted by Crippen LogP contribution is 2.70. The molecule has 8 saturated carbocycles. The van der Waals surface area contributed by atoms with Gasteiger partial charge in [0.25, 0.3) is 8.11 Å². The van der Waals surface area contributed by atoms with Crippen molar-refractivity contribution in [1.29, 1.82) is 0 Å². The molecule has 0 radical (unpaired) electrons. The minimum absolute atomic E-state index is 0.455. The predicted molar refractivity (Wildman–Crippen MR) is 266 cm³/mol. The normalized spacial score (nSPS) is 45.1. The van der Waals surface area contributed by atoms with E-state index in [1.807, 2.05) is 0 Å². The van der Waals surface area contributed by atoms with Crippen molar-refractivity contribution in [2.24, 2.45) is 35.5 Å². The van der Waals surface area contributed by atoms with Crippen molar-refractivity contribution >= 4 is 71.8 Å². The summed E-state index contributed by atoms with van der Waals surface area (Å²) in [7, 11) is -11.3. The second-order valence-electron chi connectivity index (χ2n) is 28.2. The Labute approximate surface area is 364 Å². The lowest BCUT2D eigenvalue weighted by Crippen LogP contribution is -2.81. The van der Waals surface area contributed by atoms with Crippen LogP contribution < -0.4 is 0 Å². The summed E-state index contributed by atoms with van der Waals surface area (Å²) in [6, 6.07) is 0. The van der Waals surface area contributed by atoms with Gasteiger partial charge in [0, 0.05) is 51.7 Å². The maximum absolute atomic E-state index is 10.3. The molecule has 11 heteroatoms. The highest BCUT2D eigenvalue weighted by atomic mass is 35.6. The molecule has 4 aliphatic heterocycles. The molecule has 0 spiro atoms. The van der Waals surface area contributed by atoms with Crippen LogP contribution in [0.2, 0.25) is 98.8 Å². The molecule has 0 aromatic heterocycles. The minimum atomic E-state index is -2.62. The van der Waals surface area contributed by atoms with Crippen molar-refractivity contribution in [3.05, 3.63) is 0 Å². The molecule has 12 rings (SSSR count). The van der Waals surface area contributed by atoms with E-state index < -0.39 is 54.8 Å². The molecule has 0 amide bonds. The summed E-state index contributed by atoms with van der Waals surface area (Å²) in [5.74, 6) is 9.19. The molecule has 0 aromatic rings. The van der Waals surface area contributed by atoms with Crippen molar-refractivity contribution < 1.29 is 4.22 Å². The Morgan fingerprint density at radius 3 is 1.39 bits per heavy atom. The molecule has 8 aliphatic carbocycles. The van der Waals surface area contributed by atoms with Gasteiger partial charge in [0.15, 0.2) is 7.06 Å². The monoisotopic (exact) mass is 911 g/mol. The van der Waals surface area contributed by atoms with Crippen molar-refractivity contribution in [3.8, 4) is 0 Å². The summed E-state index contributed by atoms with van der Waals surface area (Å²) in [4.78, 5) is 0. The molecule has 320 valence electrons. The fraction of sp³-hybridized carbons (Fsp3) is 1.00. The average molecular weight is 912 g/mol. The van der Waals surface area contributed by atoms with Crippen molar-refractivity contribution in [1.82, 2.24) is 4.57 Å². The summed E-state index contributed by atoms with van der Waals surface area (Å²) in [6.45, 7) is 38.4. The molecular formula is C46H88BClN2Si7. The topological polar surface area (TPSA) is 6.25 Å². The Balaban J connectivity index is 1.36. The Kier molecular flexibility index (Phi) is 10.1. The zero-order valence-electron chi connectivity index (χ0n) is 39.5. The SMILES string of the molecule is C[Si](C)(C)C1([Si](C)(C)C)CC[N+](C23CC4CC(CC(C4)C2)C3)=[Si]1[Si](=[B-]1C2CCCC1CCC2)[Si]1(Cl)N(C23CC4CC(CC(C4)C2)C3)CCC1([Si](C)(C)C)[Si](C)(C)C. The zero-order chi connectivity index (χ0) is 40.6. The van der Waals surface area contributed by atoms with E-state index >= 15 is 0 Å². The van der Waals surface area contributed by atoms with E-state index in [1.165, 1.54) is 32.4 Å². The van der Waals surface area contributed by atoms with Gasteiger partial charge in [-0.25, -0.2) is 0 Å². The Morgan fingerprint density at radius 1 is 0.596 bits per heavy atom. The van der Waals surface area contributed by atoms with Crippen LogP contribution in [-0.4, -0.2) is 93.6 Å². The van der Waals surface area contributed by atoms with Crippen LogP contribution in [0.5, 0.6) is 0 Å². The van der Waals surface area contributed by atoms with Crippen LogP contribution in [0.1, 0.15) is 128 Å². The average Bonchev–Trinajstić information content (AvgIpc) is 3.63. The van der Waals surface area contributed by atoms with E-state index in [9.17, 15) is 11.1 Å². The van der Waals surface area contributed by atoms with Crippen molar-refractivity contribution in [2.45, 2.75) is 238 Å². The first-order valence-electron chi connectivity index (χ1n) is 25.5. The molecule has 2 nitrogen and oxygen atoms in total. The van der Waals surface area contributed by atoms with Gasteiger partial charge in [-0.1, -0.05) is 124 Å². The number of fused-ring (bicyclic) bond motifs is 2. The van der Waals surface area contributed by atoms with Gasteiger partial charge in [-0.2, -0.15) is 11.6 Å². The molecule has 11 fully saturated rings. The highest BCUT2D eigenvalue weighted by molar-refractivity contribution is 7.74. The minimum Gasteiger partial charge on any atom is -0.313 e. The first-order valence-corrected chi connectivity index (χ1v) is 47.5. The van der Waals surface area contributed by atoms with Gasteiger partial charge in [-0.3, -0.25) is 0 Å². The highest BCUT2D eigenvalue weighted by Gasteiger charge is 2.78. The van der Waals surface area contributed by atoms with Crippen LogP contribution in [0.25, 0.3) is 0 Å². The first-order chi connectivity index (χ1) is 26.5. The molecular weight excluding hydrogens is 823 g/mol. The Hall–Kier alpha value is 1.63. The largest absolute Gasteiger partial charge is 0.313 e. The second kappa shape index (κ2) is 13.6. The first kappa shape index (κ1) is 42.6. The van der Waals surface area contributed by atoms with E-state index in [1.54, 1.807) is 109 Å². The van der Waals surface area contributed by atoms with E-state index in [0.29, 0.717) is 19.6 Å². The maximum atomic E-state index is 10.3. The fourth-order valence-corrected chi connectivity index (χ4v) is 121. The molecule has 3 saturated heterocycles. The summed E-state index contributed by atoms with van der Waals surface area (Å²) in [6.07, 6.45) is 31.4. The summed E-state index contributed by atoms with van der Waals surface area (Å²) in [5.41, 5.74) is 0.994. The maximum Gasteiger partial charge on any atom is 0.286 e. The van der Waals surface area contributed by atoms with Crippen LogP contribution in [0.4, 0.5) is 0 Å². The number of nitrogens with zero attached hydrogens (tertiary/aromatic N) is 2. The third kappa shape index (κ3) is 5.85.